The number of nitrogens with two attached hydrogens (primary N) is 1. The summed E-state index contributed by atoms with van der Waals surface area (Å²) in [6.07, 6.45) is 9.63. The molecule has 246 valence electrons. The minimum atomic E-state index is 0.217. The Morgan fingerprint density at radius 3 is 2.05 bits per heavy atom. The summed E-state index contributed by atoms with van der Waals surface area (Å²) in [7, 11) is 0. The van der Waals surface area contributed by atoms with Crippen LogP contribution in [0.2, 0.25) is 0 Å². The van der Waals surface area contributed by atoms with Gasteiger partial charge in [-0.3, -0.25) is 0 Å². The molecule has 0 aromatic carbocycles. The largest absolute Gasteiger partial charge is 0.387 e. The molecule has 0 aliphatic rings. The Morgan fingerprint density at radius 2 is 1.56 bits per heavy atom. The molecule has 4 heteroatoms. The van der Waals surface area contributed by atoms with Crippen molar-refractivity contribution in [3.05, 3.63) is 83.2 Å². The van der Waals surface area contributed by atoms with Gasteiger partial charge >= 0.3 is 0 Å². The molecule has 0 fully saturated rings. The molecule has 4 nitrogen and oxygen atoms in total. The van der Waals surface area contributed by atoms with Gasteiger partial charge in [0, 0.05) is 37.3 Å². The van der Waals surface area contributed by atoms with E-state index in [1.165, 1.54) is 27.9 Å². The van der Waals surface area contributed by atoms with Crippen LogP contribution in [0.5, 0.6) is 0 Å². The minimum Gasteiger partial charge on any atom is -0.387 e. The molecular formula is C39H70N4. The van der Waals surface area contributed by atoms with E-state index in [-0.39, 0.29) is 12.0 Å². The fraction of sp³-hybridized carbons (Fsp3) is 0.641. The first-order valence-electron chi connectivity index (χ1n) is 16.9. The Labute approximate surface area is 268 Å². The molecule has 0 rings (SSSR count). The maximum atomic E-state index is 5.80. The van der Waals surface area contributed by atoms with Gasteiger partial charge in [-0.25, -0.2) is 0 Å². The highest BCUT2D eigenvalue weighted by molar-refractivity contribution is 5.51. The number of rotatable bonds is 24. The minimum absolute atomic E-state index is 0.217. The van der Waals surface area contributed by atoms with Gasteiger partial charge in [-0.1, -0.05) is 116 Å². The second-order valence-corrected chi connectivity index (χ2v) is 13.0. The van der Waals surface area contributed by atoms with E-state index in [4.69, 9.17) is 5.73 Å². The second kappa shape index (κ2) is 22.4. The first kappa shape index (κ1) is 40.9. The molecule has 0 radical (unpaired) electrons. The van der Waals surface area contributed by atoms with Gasteiger partial charge in [0.1, 0.15) is 0 Å². The van der Waals surface area contributed by atoms with E-state index in [1.54, 1.807) is 0 Å². The van der Waals surface area contributed by atoms with Gasteiger partial charge in [-0.2, -0.15) is 0 Å². The molecule has 0 aliphatic carbocycles. The van der Waals surface area contributed by atoms with Crippen LogP contribution in [-0.2, 0) is 0 Å². The lowest BCUT2D eigenvalue weighted by atomic mass is 9.82. The van der Waals surface area contributed by atoms with Crippen molar-refractivity contribution in [1.29, 1.82) is 0 Å². The van der Waals surface area contributed by atoms with Crippen molar-refractivity contribution >= 4 is 0 Å². The number of unbranched alkanes of at least 4 members (excludes halogenated alkanes) is 1. The van der Waals surface area contributed by atoms with Crippen LogP contribution in [0.4, 0.5) is 0 Å². The Balaban J connectivity index is 6.38. The van der Waals surface area contributed by atoms with Gasteiger partial charge in [0.2, 0.25) is 0 Å². The Hall–Kier alpha value is -2.14. The van der Waals surface area contributed by atoms with E-state index in [9.17, 15) is 0 Å². The number of nitrogens with zero attached hydrogens (tertiary/aromatic N) is 1. The van der Waals surface area contributed by atoms with Crippen LogP contribution in [0.1, 0.15) is 101 Å². The van der Waals surface area contributed by atoms with Gasteiger partial charge in [0.15, 0.2) is 0 Å². The SMILES string of the molecule is C=C(C)CNC(CCCCN)C(=C)CC(=C)C(=C\C(C)=C(/C)C(C(=C)NCCN(CC)CC)C(C)C)/C(=C/C(C)C)CC. The van der Waals surface area contributed by atoms with Gasteiger partial charge < -0.3 is 21.3 Å². The monoisotopic (exact) mass is 595 g/mol. The third kappa shape index (κ3) is 15.9. The molecule has 0 saturated carbocycles. The first-order chi connectivity index (χ1) is 20.2. The predicted molar refractivity (Wildman–Crippen MR) is 195 cm³/mol. The summed E-state index contributed by atoms with van der Waals surface area (Å²) in [6, 6.07) is 0.217. The topological polar surface area (TPSA) is 53.3 Å². The van der Waals surface area contributed by atoms with Gasteiger partial charge in [-0.05, 0) is 94.6 Å². The normalized spacial score (nSPS) is 14.7. The average Bonchev–Trinajstić information content (AvgIpc) is 2.93. The highest BCUT2D eigenvalue weighted by Gasteiger charge is 2.21. The molecule has 0 heterocycles. The van der Waals surface area contributed by atoms with Crippen molar-refractivity contribution in [2.45, 2.75) is 107 Å². The molecule has 0 aliphatic heterocycles. The average molecular weight is 595 g/mol. The number of likely N-dealkylation sites (N-methyl/N-ethyl adjacent to an activating group) is 1. The van der Waals surface area contributed by atoms with Crippen LogP contribution in [0, 0.1) is 17.8 Å². The molecule has 2 unspecified atom stereocenters. The van der Waals surface area contributed by atoms with Crippen LogP contribution >= 0.6 is 0 Å². The summed E-state index contributed by atoms with van der Waals surface area (Å²) in [5.74, 6) is 1.16. The zero-order chi connectivity index (χ0) is 33.1. The number of allylic oxidation sites excluding steroid dienone is 7. The van der Waals surface area contributed by atoms with Crippen molar-refractivity contribution in [3.63, 3.8) is 0 Å². The smallest absolute Gasteiger partial charge is 0.0283 e. The molecule has 0 aromatic heterocycles. The van der Waals surface area contributed by atoms with E-state index in [1.807, 2.05) is 0 Å². The molecule has 0 amide bonds. The van der Waals surface area contributed by atoms with Gasteiger partial charge in [-0.15, -0.1) is 0 Å². The Morgan fingerprint density at radius 1 is 0.930 bits per heavy atom. The standard InChI is InChI=1S/C39H70N4/c1-15-36(24-28(4)5)37(32(11)25-33(12)38(20-18-19-21-40)42-27-29(6)7)26-31(10)34(13)39(30(8)9)35(14)41-22-23-43(16-2)17-3/h24,26,28,30,38-39,41-42H,6,11-12,14-23,25,27,40H2,1-5,7-10,13H3/b34-31+,36-24+,37-26+. The number of hydrogen-bond acceptors (Lipinski definition) is 4. The zero-order valence-electron chi connectivity index (χ0n) is 30.1. The first-order valence-corrected chi connectivity index (χ1v) is 16.9. The number of nitrogens with one attached hydrogen (secondary N) is 2. The fourth-order valence-corrected chi connectivity index (χ4v) is 5.72. The van der Waals surface area contributed by atoms with E-state index in [0.717, 1.165) is 88.2 Å². The molecule has 4 N–H and O–H groups in total. The zero-order valence-corrected chi connectivity index (χ0v) is 30.1. The second-order valence-electron chi connectivity index (χ2n) is 13.0. The van der Waals surface area contributed by atoms with Crippen LogP contribution in [0.25, 0.3) is 0 Å². The third-order valence-corrected chi connectivity index (χ3v) is 8.34. The molecular weight excluding hydrogens is 524 g/mol. The van der Waals surface area contributed by atoms with E-state index in [0.29, 0.717) is 11.8 Å². The summed E-state index contributed by atoms with van der Waals surface area (Å²) in [5, 5.41) is 7.35. The summed E-state index contributed by atoms with van der Waals surface area (Å²) in [5.41, 5.74) is 15.6. The summed E-state index contributed by atoms with van der Waals surface area (Å²) in [6.45, 7) is 45.8. The van der Waals surface area contributed by atoms with Crippen molar-refractivity contribution in [2.75, 3.05) is 39.3 Å². The molecule has 43 heavy (non-hydrogen) atoms. The van der Waals surface area contributed by atoms with Gasteiger partial charge in [0.25, 0.3) is 0 Å². The van der Waals surface area contributed by atoms with Crippen LogP contribution in [0.15, 0.2) is 83.2 Å². The molecule has 0 saturated heterocycles. The maximum absolute atomic E-state index is 5.80. The van der Waals surface area contributed by atoms with Crippen molar-refractivity contribution in [3.8, 4) is 0 Å². The molecule has 2 atom stereocenters. The molecule has 0 spiro atoms. The highest BCUT2D eigenvalue weighted by Crippen LogP contribution is 2.33. The lowest BCUT2D eigenvalue weighted by Crippen LogP contribution is -2.33. The number of hydrogen-bond donors (Lipinski definition) is 3. The van der Waals surface area contributed by atoms with Crippen LogP contribution < -0.4 is 16.4 Å². The van der Waals surface area contributed by atoms with Crippen molar-refractivity contribution in [2.24, 2.45) is 23.5 Å². The lowest BCUT2D eigenvalue weighted by Gasteiger charge is -2.28. The Bertz CT molecular complexity index is 971. The molecule has 0 bridgehead atoms. The molecule has 0 aromatic rings. The third-order valence-electron chi connectivity index (χ3n) is 8.34. The van der Waals surface area contributed by atoms with E-state index < -0.39 is 0 Å². The lowest BCUT2D eigenvalue weighted by molar-refractivity contribution is 0.303. The van der Waals surface area contributed by atoms with Gasteiger partial charge in [0.05, 0.1) is 0 Å². The Kier molecular flexibility index (Phi) is 21.3. The summed E-state index contributed by atoms with van der Waals surface area (Å²) in [4.78, 5) is 2.44. The van der Waals surface area contributed by atoms with Crippen molar-refractivity contribution < 1.29 is 0 Å². The summed E-state index contributed by atoms with van der Waals surface area (Å²) < 4.78 is 0. The van der Waals surface area contributed by atoms with E-state index in [2.05, 4.69) is 123 Å². The summed E-state index contributed by atoms with van der Waals surface area (Å²) >= 11 is 0. The van der Waals surface area contributed by atoms with Crippen LogP contribution in [0.3, 0.4) is 0 Å². The fourth-order valence-electron chi connectivity index (χ4n) is 5.72. The van der Waals surface area contributed by atoms with E-state index >= 15 is 0 Å². The predicted octanol–water partition coefficient (Wildman–Crippen LogP) is 9.12. The van der Waals surface area contributed by atoms with Crippen molar-refractivity contribution in [1.82, 2.24) is 15.5 Å². The highest BCUT2D eigenvalue weighted by atomic mass is 15.1. The quantitative estimate of drug-likeness (QED) is 0.0593. The maximum Gasteiger partial charge on any atom is 0.0283 e. The van der Waals surface area contributed by atoms with Crippen LogP contribution in [-0.4, -0.2) is 50.2 Å².